The van der Waals surface area contributed by atoms with Gasteiger partial charge in [0.2, 0.25) is 5.82 Å². The summed E-state index contributed by atoms with van der Waals surface area (Å²) in [5.41, 5.74) is 15.3. The summed E-state index contributed by atoms with van der Waals surface area (Å²) in [7, 11) is 14.0. The number of benzene rings is 6. The fourth-order valence-corrected chi connectivity index (χ4v) is 14.9. The highest BCUT2D eigenvalue weighted by molar-refractivity contribution is 9.11. The van der Waals surface area contributed by atoms with E-state index in [4.69, 9.17) is 11.5 Å². The Labute approximate surface area is 701 Å². The number of nitrogens with one attached hydrogen (secondary N) is 5. The molecule has 13 rings (SSSR count). The molecule has 0 radical (unpaired) electrons. The fourth-order valence-electron chi connectivity index (χ4n) is 13.8. The van der Waals surface area contributed by atoms with E-state index in [0.29, 0.717) is 37.9 Å². The molecule has 0 bridgehead atoms. The van der Waals surface area contributed by atoms with Crippen LogP contribution in [0.1, 0.15) is 61.6 Å². The normalized spacial score (nSPS) is 26.2. The number of aliphatic hydroxyl groups excluding tert-OH is 7. The third-order valence-corrected chi connectivity index (χ3v) is 22.4. The van der Waals surface area contributed by atoms with E-state index in [1.807, 2.05) is 92.6 Å². The van der Waals surface area contributed by atoms with Gasteiger partial charge in [-0.3, -0.25) is 30.3 Å². The van der Waals surface area contributed by atoms with Crippen molar-refractivity contribution in [1.82, 2.24) is 50.2 Å². The van der Waals surface area contributed by atoms with Crippen LogP contribution >= 0.6 is 47.8 Å². The Morgan fingerprint density at radius 1 is 0.357 bits per heavy atom. The molecule has 115 heavy (non-hydrogen) atoms. The lowest BCUT2D eigenvalue weighted by molar-refractivity contribution is -0.387. The highest BCUT2D eigenvalue weighted by atomic mass is 79.9. The van der Waals surface area contributed by atoms with Gasteiger partial charge in [0.25, 0.3) is 11.4 Å². The van der Waals surface area contributed by atoms with Crippen molar-refractivity contribution in [2.45, 2.75) is 150 Å². The molecule has 0 aliphatic carbocycles. The summed E-state index contributed by atoms with van der Waals surface area (Å²) in [6.07, 6.45) is 3.97. The van der Waals surface area contributed by atoms with Crippen molar-refractivity contribution in [3.8, 4) is 0 Å². The molecule has 0 saturated carbocycles. The van der Waals surface area contributed by atoms with E-state index >= 15 is 0 Å². The number of rotatable bonds is 16. The zero-order valence-corrected chi connectivity index (χ0v) is 71.9. The number of nitro groups is 3. The molecular weight excluding hydrogens is 1680 g/mol. The number of anilines is 2. The van der Waals surface area contributed by atoms with Gasteiger partial charge >= 0.3 is 5.69 Å². The molecule has 0 spiro atoms. The number of likely N-dealkylation sites (tertiary alicyclic amines) is 7. The zero-order chi connectivity index (χ0) is 84.3. The third kappa shape index (κ3) is 36.1. The Kier molecular flexibility index (Phi) is 43.5. The van der Waals surface area contributed by atoms with Crippen LogP contribution in [0.4, 0.5) is 32.8 Å². The number of halogens is 4. The molecule has 7 heterocycles. The van der Waals surface area contributed by atoms with Crippen molar-refractivity contribution in [3.63, 3.8) is 0 Å². The lowest BCUT2D eigenvalue weighted by atomic mass is 10.0. The van der Waals surface area contributed by atoms with Gasteiger partial charge in [-0.1, -0.05) is 139 Å². The van der Waals surface area contributed by atoms with E-state index in [1.165, 1.54) is 34.9 Å². The quantitative estimate of drug-likeness (QED) is 0.0353. The molecule has 638 valence electrons. The molecular formula is C81H123Br3FN17O13. The summed E-state index contributed by atoms with van der Waals surface area (Å²) < 4.78 is 14.4. The minimum absolute atomic E-state index is 0.00111. The van der Waals surface area contributed by atoms with Crippen LogP contribution < -0.4 is 38.1 Å². The number of nitrogens with two attached hydrogens (primary N) is 2. The zero-order valence-electron chi connectivity index (χ0n) is 67.1. The summed E-state index contributed by atoms with van der Waals surface area (Å²) in [6, 6.07) is 44.7. The number of nitrogens with zero attached hydrogens (tertiary/aromatic N) is 10. The predicted octanol–water partition coefficient (Wildman–Crippen LogP) is 6.71. The molecule has 0 amide bonds. The van der Waals surface area contributed by atoms with E-state index in [1.54, 1.807) is 24.3 Å². The molecule has 10 unspecified atom stereocenters. The molecule has 14 atom stereocenters. The van der Waals surface area contributed by atoms with Gasteiger partial charge in [0.05, 0.1) is 69.6 Å². The van der Waals surface area contributed by atoms with Crippen molar-refractivity contribution < 1.29 is 54.9 Å². The summed E-state index contributed by atoms with van der Waals surface area (Å²) >= 11 is 9.44. The Balaban J connectivity index is 0.000000207. The molecule has 16 N–H and O–H groups in total. The Hall–Kier alpha value is -6.27. The second kappa shape index (κ2) is 51.3. The van der Waals surface area contributed by atoms with Crippen LogP contribution in [0.5, 0.6) is 0 Å². The van der Waals surface area contributed by atoms with E-state index < -0.39 is 38.5 Å². The molecule has 7 fully saturated rings. The van der Waals surface area contributed by atoms with Crippen LogP contribution in [0.3, 0.4) is 0 Å². The number of β-amino-alcohol motifs (C(OH)–C–C–N with tert-alkyl or cyclic N) is 7. The first-order chi connectivity index (χ1) is 54.7. The Morgan fingerprint density at radius 2 is 0.591 bits per heavy atom. The van der Waals surface area contributed by atoms with Gasteiger partial charge in [-0.25, -0.2) is 0 Å². The van der Waals surface area contributed by atoms with Crippen molar-refractivity contribution in [1.29, 1.82) is 0 Å². The SMILES string of the molecule is CN1CCC(N)C(O)C1.CN1CCC(N)C(O)C1.CN1CCC(NCc2ccccc2)C(O)C1.CN1CCC(Nc2ccc(Br)cc2[N+](=O)[O-])C(O)C1.CN1CCC(Nc2ccc(Br)cc2[N+](=O)[O-])C(O)C1.CN1CC[C@@H](NCc2ccccc2)[C@H](O)C1.CN1CC[C@H](NCc2ccccc2)[C@@H](O)C1.O=[N+]([O-])c1cc(Br)ccc1F. The second-order valence-electron chi connectivity index (χ2n) is 30.8. The lowest BCUT2D eigenvalue weighted by Gasteiger charge is -2.34. The van der Waals surface area contributed by atoms with Crippen LogP contribution in [-0.4, -0.2) is 311 Å². The smallest absolute Gasteiger partial charge is 0.305 e. The average Bonchev–Trinajstić information content (AvgIpc) is 0.823. The summed E-state index contributed by atoms with van der Waals surface area (Å²) in [5.74, 6) is -0.821. The summed E-state index contributed by atoms with van der Waals surface area (Å²) in [6.45, 7) is 14.3. The van der Waals surface area contributed by atoms with Gasteiger partial charge in [0.1, 0.15) is 11.4 Å². The Morgan fingerprint density at radius 3 is 0.826 bits per heavy atom. The van der Waals surface area contributed by atoms with Gasteiger partial charge in [-0.2, -0.15) is 4.39 Å². The van der Waals surface area contributed by atoms with E-state index in [-0.39, 0.29) is 84.2 Å². The van der Waals surface area contributed by atoms with Crippen molar-refractivity contribution in [3.05, 3.63) is 212 Å². The van der Waals surface area contributed by atoms with Crippen LogP contribution in [0.15, 0.2) is 159 Å². The van der Waals surface area contributed by atoms with Gasteiger partial charge in [-0.05, 0) is 193 Å². The number of nitro benzene ring substituents is 3. The van der Waals surface area contributed by atoms with Gasteiger partial charge < -0.3 is 108 Å². The van der Waals surface area contributed by atoms with Gasteiger partial charge in [0.15, 0.2) is 0 Å². The molecule has 34 heteroatoms. The number of hydrogen-bond donors (Lipinski definition) is 14. The molecule has 7 aliphatic heterocycles. The first-order valence-corrected chi connectivity index (χ1v) is 41.5. The van der Waals surface area contributed by atoms with Crippen LogP contribution in [0, 0.1) is 36.2 Å². The largest absolute Gasteiger partial charge is 0.390 e. The minimum Gasteiger partial charge on any atom is -0.390 e. The third-order valence-electron chi connectivity index (χ3n) is 20.9. The highest BCUT2D eigenvalue weighted by Gasteiger charge is 2.32. The molecule has 30 nitrogen and oxygen atoms in total. The maximum Gasteiger partial charge on any atom is 0.305 e. The van der Waals surface area contributed by atoms with Gasteiger partial charge in [0, 0.05) is 127 Å². The number of likely N-dealkylation sites (N-methyl/N-ethyl adjacent to an activating group) is 7. The van der Waals surface area contributed by atoms with E-state index in [9.17, 15) is 70.5 Å². The molecule has 6 aromatic rings. The molecule has 7 aliphatic rings. The van der Waals surface area contributed by atoms with Crippen LogP contribution in [-0.2, 0) is 19.6 Å². The molecule has 7 saturated heterocycles. The summed E-state index contributed by atoms with van der Waals surface area (Å²) in [4.78, 5) is 45.3. The number of piperidine rings is 7. The first kappa shape index (κ1) is 97.6. The van der Waals surface area contributed by atoms with Crippen molar-refractivity contribution >= 4 is 76.2 Å². The maximum atomic E-state index is 12.6. The lowest BCUT2D eigenvalue weighted by Crippen LogP contribution is -2.51. The van der Waals surface area contributed by atoms with Crippen molar-refractivity contribution in [2.75, 3.05) is 152 Å². The van der Waals surface area contributed by atoms with E-state index in [0.717, 1.165) is 155 Å². The van der Waals surface area contributed by atoms with Crippen LogP contribution in [0.25, 0.3) is 0 Å². The number of hydrogen-bond acceptors (Lipinski definition) is 27. The van der Waals surface area contributed by atoms with E-state index in [2.05, 4.69) is 156 Å². The predicted molar refractivity (Wildman–Crippen MR) is 461 cm³/mol. The first-order valence-electron chi connectivity index (χ1n) is 39.1. The highest BCUT2D eigenvalue weighted by Crippen LogP contribution is 2.32. The minimum atomic E-state index is -0.821. The summed E-state index contributed by atoms with van der Waals surface area (Å²) in [5, 5.41) is 117. The number of aliphatic hydroxyl groups is 7. The topological polar surface area (TPSA) is 406 Å². The maximum absolute atomic E-state index is 12.6. The fraction of sp³-hybridized carbons (Fsp3) is 0.556. The van der Waals surface area contributed by atoms with Gasteiger partial charge in [-0.15, -0.1) is 0 Å². The molecule has 6 aromatic carbocycles. The van der Waals surface area contributed by atoms with Crippen LogP contribution in [0.2, 0.25) is 0 Å². The Bertz CT molecular complexity index is 3540. The monoisotopic (exact) mass is 1800 g/mol. The second-order valence-corrected chi connectivity index (χ2v) is 33.5. The molecule has 0 aromatic heterocycles. The standard InChI is InChI=1S/3C13H20N2O.2C12H16BrN3O3.C6H3BrFNO2.2C6H14N2O/c3*1-15-8-7-12(13(16)10-15)14-9-11-5-3-2-4-6-11;2*1-15-5-4-10(12(17)7-15)14-9-3-2-8(13)6-11(9)16(18)19;7-4-1-2-5(8)6(3-4)9(10)11;2*1-8-3-2-5(7)6(9)4-8/h3*2-6,12-14,16H,7-10H2,1H3;2*2-3,6,10,12,14,17H,4-5,7H2,1H3;1-3H;2*5-6,9H,2-4,7H2,1H3/t2*12-,13-;;;;;;/m10....../s1. The van der Waals surface area contributed by atoms with Crippen molar-refractivity contribution in [2.24, 2.45) is 11.5 Å². The average molecular weight is 1800 g/mol.